The minimum absolute atomic E-state index is 0. The monoisotopic (exact) mass is 376 g/mol. The smallest absolute Gasteiger partial charge is 0.221 e. The number of carbonyl (C=O) groups excluding carboxylic acids is 1. The fourth-order valence-corrected chi connectivity index (χ4v) is 2.04. The predicted octanol–water partition coefficient (Wildman–Crippen LogP) is -0.411. The molecule has 1 aromatic carbocycles. The van der Waals surface area contributed by atoms with Gasteiger partial charge in [-0.05, 0) is 12.1 Å². The number of hydrogen-bond acceptors (Lipinski definition) is 1. The maximum absolute atomic E-state index is 11.2. The molecule has 3 nitrogen and oxygen atoms in total. The van der Waals surface area contributed by atoms with Crippen LogP contribution in [0.25, 0.3) is 10.9 Å². The molecule has 1 amide bonds. The molecule has 0 fully saturated rings. The number of benzene rings is 1. The van der Waals surface area contributed by atoms with E-state index in [1.165, 1.54) is 6.92 Å². The summed E-state index contributed by atoms with van der Waals surface area (Å²) in [4.78, 5) is 11.2. The number of nitrogens with zero attached hydrogens (tertiary/aromatic N) is 1. The predicted molar refractivity (Wildman–Crippen MR) is 69.2 cm³/mol. The van der Waals surface area contributed by atoms with E-state index < -0.39 is 0 Å². The zero-order chi connectivity index (χ0) is 12.6. The van der Waals surface area contributed by atoms with Crippen LogP contribution >= 0.6 is 11.6 Å². The number of nitrogens with one attached hydrogen (secondary N) is 1. The van der Waals surface area contributed by atoms with Crippen LogP contribution < -0.4 is 33.9 Å². The Kier molecular flexibility index (Phi) is 4.92. The molecule has 0 unspecified atom stereocenters. The molecule has 0 bridgehead atoms. The third-order valence-electron chi connectivity index (χ3n) is 2.80. The Balaban J connectivity index is 0.00000162. The van der Waals surface area contributed by atoms with Crippen LogP contribution in [0, 0.1) is 6.92 Å². The van der Waals surface area contributed by atoms with E-state index in [2.05, 4.69) is 5.32 Å². The molecule has 5 heteroatoms. The van der Waals surface area contributed by atoms with E-state index in [4.69, 9.17) is 11.6 Å². The zero-order valence-corrected chi connectivity index (χ0v) is 13.3. The number of hydrogen-bond donors (Lipinski definition) is 1. The van der Waals surface area contributed by atoms with Gasteiger partial charge in [0.1, 0.15) is 7.05 Å². The normalized spacial score (nSPS) is 10.0. The van der Waals surface area contributed by atoms with E-state index in [9.17, 15) is 4.79 Å². The third kappa shape index (κ3) is 2.92. The summed E-state index contributed by atoms with van der Waals surface area (Å²) in [6.07, 6.45) is 0. The van der Waals surface area contributed by atoms with E-state index in [0.29, 0.717) is 5.02 Å². The van der Waals surface area contributed by atoms with E-state index in [0.717, 1.165) is 22.3 Å². The van der Waals surface area contributed by atoms with Gasteiger partial charge in [-0.2, -0.15) is 4.57 Å². The number of pyridine rings is 1. The Bertz CT molecular complexity index is 613. The second-order valence-corrected chi connectivity index (χ2v) is 4.54. The Labute approximate surface area is 128 Å². The van der Waals surface area contributed by atoms with Crippen LogP contribution in [0.2, 0.25) is 5.02 Å². The van der Waals surface area contributed by atoms with Crippen molar-refractivity contribution >= 4 is 34.1 Å². The Morgan fingerprint density at radius 1 is 1.33 bits per heavy atom. The highest BCUT2D eigenvalue weighted by atomic mass is 127. The van der Waals surface area contributed by atoms with E-state index in [-0.39, 0.29) is 29.9 Å². The number of aryl methyl sites for hydroxylation is 2. The lowest BCUT2D eigenvalue weighted by molar-refractivity contribution is -0.651. The summed E-state index contributed by atoms with van der Waals surface area (Å²) >= 11 is 6.00. The van der Waals surface area contributed by atoms with E-state index in [1.54, 1.807) is 0 Å². The van der Waals surface area contributed by atoms with Gasteiger partial charge >= 0.3 is 0 Å². The molecule has 0 aliphatic carbocycles. The average molecular weight is 377 g/mol. The van der Waals surface area contributed by atoms with Crippen LogP contribution in [0.5, 0.6) is 0 Å². The number of fused-ring (bicyclic) bond motifs is 1. The number of amides is 1. The third-order valence-corrected chi connectivity index (χ3v) is 3.04. The molecular weight excluding hydrogens is 363 g/mol. The molecule has 0 aliphatic rings. The molecule has 0 atom stereocenters. The first-order valence-electron chi connectivity index (χ1n) is 5.35. The molecule has 1 aromatic heterocycles. The average Bonchev–Trinajstić information content (AvgIpc) is 2.24. The van der Waals surface area contributed by atoms with Gasteiger partial charge in [-0.1, -0.05) is 11.6 Å². The molecule has 0 saturated heterocycles. The summed E-state index contributed by atoms with van der Waals surface area (Å²) in [7, 11) is 1.98. The van der Waals surface area contributed by atoms with Gasteiger partial charge in [-0.15, -0.1) is 0 Å². The molecule has 1 N–H and O–H groups in total. The Morgan fingerprint density at radius 3 is 2.61 bits per heavy atom. The van der Waals surface area contributed by atoms with Crippen molar-refractivity contribution < 1.29 is 33.3 Å². The van der Waals surface area contributed by atoms with Gasteiger partial charge in [0.25, 0.3) is 0 Å². The highest BCUT2D eigenvalue weighted by Gasteiger charge is 2.14. The SMILES string of the molecule is CC(=O)Nc1cc(C)[n+](C)c2cc(Cl)ccc12.[I-]. The highest BCUT2D eigenvalue weighted by Crippen LogP contribution is 2.24. The molecule has 96 valence electrons. The van der Waals surface area contributed by atoms with Gasteiger partial charge in [0, 0.05) is 31.0 Å². The minimum atomic E-state index is -0.0745. The second kappa shape index (κ2) is 5.84. The fraction of sp³-hybridized carbons (Fsp3) is 0.231. The Hall–Kier alpha value is -0.880. The maximum Gasteiger partial charge on any atom is 0.221 e. The van der Waals surface area contributed by atoms with Crippen molar-refractivity contribution in [2.75, 3.05) is 5.32 Å². The van der Waals surface area contributed by atoms with Crippen molar-refractivity contribution in [1.29, 1.82) is 0 Å². The summed E-state index contributed by atoms with van der Waals surface area (Å²) in [6.45, 7) is 3.50. The first kappa shape index (κ1) is 15.2. The lowest BCUT2D eigenvalue weighted by Gasteiger charge is -2.07. The van der Waals surface area contributed by atoms with Crippen LogP contribution in [-0.2, 0) is 11.8 Å². The number of halogens is 2. The Morgan fingerprint density at radius 2 is 2.00 bits per heavy atom. The molecular formula is C13H14ClIN2O. The standard InChI is InChI=1S/C13H13ClN2O.HI/c1-8-6-12(15-9(2)17)11-5-4-10(14)7-13(11)16(8)3;/h4-7H,1-3H3;1H. The lowest BCUT2D eigenvalue weighted by Crippen LogP contribution is -3.00. The van der Waals surface area contributed by atoms with Crippen LogP contribution in [0.3, 0.4) is 0 Å². The largest absolute Gasteiger partial charge is 1.00 e. The quantitative estimate of drug-likeness (QED) is 0.533. The van der Waals surface area contributed by atoms with Crippen molar-refractivity contribution in [2.45, 2.75) is 13.8 Å². The topological polar surface area (TPSA) is 33.0 Å². The van der Waals surface area contributed by atoms with Gasteiger partial charge in [-0.25, -0.2) is 0 Å². The first-order valence-corrected chi connectivity index (χ1v) is 5.73. The van der Waals surface area contributed by atoms with Crippen LogP contribution in [-0.4, -0.2) is 5.91 Å². The number of rotatable bonds is 1. The van der Waals surface area contributed by atoms with Gasteiger partial charge < -0.3 is 29.3 Å². The van der Waals surface area contributed by atoms with Crippen LogP contribution in [0.15, 0.2) is 24.3 Å². The van der Waals surface area contributed by atoms with Crippen molar-refractivity contribution in [1.82, 2.24) is 0 Å². The highest BCUT2D eigenvalue weighted by molar-refractivity contribution is 6.31. The number of anilines is 1. The number of aromatic nitrogens is 1. The molecule has 0 spiro atoms. The number of carbonyl (C=O) groups is 1. The van der Waals surface area contributed by atoms with Gasteiger partial charge in [0.05, 0.1) is 11.1 Å². The van der Waals surface area contributed by atoms with E-state index in [1.807, 2.05) is 42.8 Å². The summed E-state index contributed by atoms with van der Waals surface area (Å²) in [6, 6.07) is 7.60. The van der Waals surface area contributed by atoms with Gasteiger partial charge in [0.15, 0.2) is 5.69 Å². The van der Waals surface area contributed by atoms with Crippen LogP contribution in [0.1, 0.15) is 12.6 Å². The van der Waals surface area contributed by atoms with E-state index >= 15 is 0 Å². The summed E-state index contributed by atoms with van der Waals surface area (Å²) in [5, 5.41) is 4.51. The van der Waals surface area contributed by atoms with Crippen LogP contribution in [0.4, 0.5) is 5.69 Å². The molecule has 0 radical (unpaired) electrons. The summed E-state index contributed by atoms with van der Waals surface area (Å²) < 4.78 is 2.05. The molecule has 18 heavy (non-hydrogen) atoms. The minimum Gasteiger partial charge on any atom is -1.00 e. The zero-order valence-electron chi connectivity index (χ0n) is 10.4. The summed E-state index contributed by atoms with van der Waals surface area (Å²) in [5.74, 6) is -0.0745. The summed E-state index contributed by atoms with van der Waals surface area (Å²) in [5.41, 5.74) is 2.88. The van der Waals surface area contributed by atoms with Crippen molar-refractivity contribution in [3.05, 3.63) is 35.0 Å². The van der Waals surface area contributed by atoms with Crippen molar-refractivity contribution in [3.63, 3.8) is 0 Å². The molecule has 2 aromatic rings. The lowest BCUT2D eigenvalue weighted by atomic mass is 10.1. The van der Waals surface area contributed by atoms with Crippen molar-refractivity contribution in [2.24, 2.45) is 7.05 Å². The van der Waals surface area contributed by atoms with Crippen molar-refractivity contribution in [3.8, 4) is 0 Å². The first-order chi connectivity index (χ1) is 7.99. The molecule has 2 rings (SSSR count). The second-order valence-electron chi connectivity index (χ2n) is 4.10. The maximum atomic E-state index is 11.2. The molecule has 0 saturated carbocycles. The molecule has 1 heterocycles. The van der Waals surface area contributed by atoms with Gasteiger partial charge in [-0.3, -0.25) is 4.79 Å². The fourth-order valence-electron chi connectivity index (χ4n) is 1.88. The molecule has 0 aliphatic heterocycles. The van der Waals surface area contributed by atoms with Gasteiger partial charge in [0.2, 0.25) is 11.4 Å².